The molecule has 5 heteroatoms. The Morgan fingerprint density at radius 1 is 1.44 bits per heavy atom. The Balaban J connectivity index is 1.95. The molecule has 1 N–H and O–H groups in total. The van der Waals surface area contributed by atoms with Gasteiger partial charge in [-0.25, -0.2) is 9.67 Å². The van der Waals surface area contributed by atoms with Crippen LogP contribution >= 0.6 is 0 Å². The molecule has 0 saturated heterocycles. The van der Waals surface area contributed by atoms with Gasteiger partial charge in [0.2, 0.25) is 0 Å². The summed E-state index contributed by atoms with van der Waals surface area (Å²) in [7, 11) is 1.72. The summed E-state index contributed by atoms with van der Waals surface area (Å²) in [6, 6.07) is 6.19. The van der Waals surface area contributed by atoms with Crippen LogP contribution in [0.2, 0.25) is 0 Å². The number of aromatic nitrogens is 3. The lowest BCUT2D eigenvalue weighted by Gasteiger charge is -2.14. The van der Waals surface area contributed by atoms with Crippen LogP contribution < -0.4 is 5.32 Å². The van der Waals surface area contributed by atoms with Gasteiger partial charge in [-0.1, -0.05) is 0 Å². The van der Waals surface area contributed by atoms with Gasteiger partial charge in [0.25, 0.3) is 0 Å². The highest BCUT2D eigenvalue weighted by Gasteiger charge is 2.03. The van der Waals surface area contributed by atoms with Gasteiger partial charge < -0.3 is 10.1 Å². The molecule has 0 aromatic carbocycles. The van der Waals surface area contributed by atoms with E-state index in [1.807, 2.05) is 30.6 Å². The Morgan fingerprint density at radius 3 is 2.94 bits per heavy atom. The first-order valence-corrected chi connectivity index (χ1v) is 6.01. The van der Waals surface area contributed by atoms with Gasteiger partial charge in [-0.2, -0.15) is 5.10 Å². The lowest BCUT2D eigenvalue weighted by molar-refractivity contribution is 0.191. The summed E-state index contributed by atoms with van der Waals surface area (Å²) in [6.45, 7) is 2.88. The van der Waals surface area contributed by atoms with Gasteiger partial charge in [0.15, 0.2) is 5.82 Å². The maximum Gasteiger partial charge on any atom is 0.153 e. The quantitative estimate of drug-likeness (QED) is 0.848. The number of nitrogens with zero attached hydrogens (tertiary/aromatic N) is 3. The molecule has 0 radical (unpaired) electrons. The second-order valence-corrected chi connectivity index (χ2v) is 4.18. The van der Waals surface area contributed by atoms with Crippen molar-refractivity contribution in [3.63, 3.8) is 0 Å². The molecule has 0 fully saturated rings. The summed E-state index contributed by atoms with van der Waals surface area (Å²) < 4.78 is 6.79. The molecule has 0 aliphatic carbocycles. The topological polar surface area (TPSA) is 52.0 Å². The molecule has 2 aromatic rings. The Morgan fingerprint density at radius 2 is 2.33 bits per heavy atom. The molecular formula is C13H18N4O. The first kappa shape index (κ1) is 12.6. The molecule has 0 aliphatic heterocycles. The molecule has 1 atom stereocenters. The SMILES string of the molecule is COCCC(C)Nc1ccc(-n2cccn2)nc1. The van der Waals surface area contributed by atoms with Crippen LogP contribution in [0, 0.1) is 0 Å². The van der Waals surface area contributed by atoms with Crippen LogP contribution in [0.3, 0.4) is 0 Å². The van der Waals surface area contributed by atoms with Gasteiger partial charge in [0.05, 0.1) is 11.9 Å². The van der Waals surface area contributed by atoms with Crippen molar-refractivity contribution < 1.29 is 4.74 Å². The summed E-state index contributed by atoms with van der Waals surface area (Å²) in [4.78, 5) is 4.36. The Labute approximate surface area is 107 Å². The van der Waals surface area contributed by atoms with E-state index in [1.165, 1.54) is 0 Å². The molecule has 0 spiro atoms. The van der Waals surface area contributed by atoms with Crippen molar-refractivity contribution in [1.82, 2.24) is 14.8 Å². The molecule has 0 bridgehead atoms. The number of rotatable bonds is 6. The number of hydrogen-bond acceptors (Lipinski definition) is 4. The Hall–Kier alpha value is -1.88. The fraction of sp³-hybridized carbons (Fsp3) is 0.385. The molecule has 5 nitrogen and oxygen atoms in total. The number of hydrogen-bond donors (Lipinski definition) is 1. The van der Waals surface area contributed by atoms with Crippen molar-refractivity contribution in [3.05, 3.63) is 36.8 Å². The summed E-state index contributed by atoms with van der Waals surface area (Å²) in [6.07, 6.45) is 6.40. The number of nitrogens with one attached hydrogen (secondary N) is 1. The van der Waals surface area contributed by atoms with Crippen molar-refractivity contribution in [2.75, 3.05) is 19.0 Å². The maximum absolute atomic E-state index is 5.05. The van der Waals surface area contributed by atoms with E-state index in [-0.39, 0.29) is 0 Å². The number of ether oxygens (including phenoxy) is 1. The van der Waals surface area contributed by atoms with Gasteiger partial charge in [-0.05, 0) is 31.5 Å². The third-order valence-electron chi connectivity index (χ3n) is 2.66. The minimum Gasteiger partial charge on any atom is -0.385 e. The van der Waals surface area contributed by atoms with Crippen LogP contribution in [0.15, 0.2) is 36.8 Å². The van der Waals surface area contributed by atoms with E-state index in [0.717, 1.165) is 24.5 Å². The normalized spacial score (nSPS) is 12.3. The van der Waals surface area contributed by atoms with Crippen LogP contribution in [-0.2, 0) is 4.74 Å². The van der Waals surface area contributed by atoms with Crippen LogP contribution in [-0.4, -0.2) is 34.5 Å². The molecule has 0 amide bonds. The van der Waals surface area contributed by atoms with Crippen molar-refractivity contribution in [2.45, 2.75) is 19.4 Å². The largest absolute Gasteiger partial charge is 0.385 e. The van der Waals surface area contributed by atoms with Crippen LogP contribution in [0.4, 0.5) is 5.69 Å². The van der Waals surface area contributed by atoms with Crippen molar-refractivity contribution in [1.29, 1.82) is 0 Å². The second-order valence-electron chi connectivity index (χ2n) is 4.18. The highest BCUT2D eigenvalue weighted by molar-refractivity contribution is 5.44. The fourth-order valence-electron chi connectivity index (χ4n) is 1.66. The summed E-state index contributed by atoms with van der Waals surface area (Å²) in [5, 5.41) is 7.51. The van der Waals surface area contributed by atoms with Gasteiger partial charge >= 0.3 is 0 Å². The predicted molar refractivity (Wildman–Crippen MR) is 70.9 cm³/mol. The average Bonchev–Trinajstić information content (AvgIpc) is 2.91. The van der Waals surface area contributed by atoms with Crippen molar-refractivity contribution >= 4 is 5.69 Å². The smallest absolute Gasteiger partial charge is 0.153 e. The zero-order valence-electron chi connectivity index (χ0n) is 10.7. The monoisotopic (exact) mass is 246 g/mol. The van der Waals surface area contributed by atoms with E-state index in [2.05, 4.69) is 22.3 Å². The van der Waals surface area contributed by atoms with Crippen LogP contribution in [0.1, 0.15) is 13.3 Å². The lowest BCUT2D eigenvalue weighted by Crippen LogP contribution is -2.17. The summed E-state index contributed by atoms with van der Waals surface area (Å²) in [5.41, 5.74) is 1.01. The average molecular weight is 246 g/mol. The van der Waals surface area contributed by atoms with E-state index >= 15 is 0 Å². The second kappa shape index (κ2) is 6.16. The van der Waals surface area contributed by atoms with Gasteiger partial charge in [0.1, 0.15) is 0 Å². The maximum atomic E-state index is 5.05. The molecule has 0 aliphatic rings. The Bertz CT molecular complexity index is 452. The molecular weight excluding hydrogens is 228 g/mol. The van der Waals surface area contributed by atoms with Crippen molar-refractivity contribution in [3.8, 4) is 5.82 Å². The van der Waals surface area contributed by atoms with E-state index in [0.29, 0.717) is 6.04 Å². The first-order chi connectivity index (χ1) is 8.79. The molecule has 2 aromatic heterocycles. The number of anilines is 1. The Kier molecular flexibility index (Phi) is 4.30. The highest BCUT2D eigenvalue weighted by Crippen LogP contribution is 2.11. The number of methoxy groups -OCH3 is 1. The van der Waals surface area contributed by atoms with Gasteiger partial charge in [0, 0.05) is 32.2 Å². The van der Waals surface area contributed by atoms with E-state index in [1.54, 1.807) is 18.0 Å². The third-order valence-corrected chi connectivity index (χ3v) is 2.66. The molecule has 0 saturated carbocycles. The lowest BCUT2D eigenvalue weighted by atomic mass is 10.2. The van der Waals surface area contributed by atoms with E-state index in [4.69, 9.17) is 4.74 Å². The van der Waals surface area contributed by atoms with Crippen molar-refractivity contribution in [2.24, 2.45) is 0 Å². The van der Waals surface area contributed by atoms with E-state index < -0.39 is 0 Å². The van der Waals surface area contributed by atoms with Crippen LogP contribution in [0.5, 0.6) is 0 Å². The van der Waals surface area contributed by atoms with Crippen LogP contribution in [0.25, 0.3) is 5.82 Å². The highest BCUT2D eigenvalue weighted by atomic mass is 16.5. The standard InChI is InChI=1S/C13H18N4O/c1-11(6-9-18-2)16-12-4-5-13(14-10-12)17-8-3-7-15-17/h3-5,7-8,10-11,16H,6,9H2,1-2H3. The minimum atomic E-state index is 0.363. The zero-order valence-corrected chi connectivity index (χ0v) is 10.7. The zero-order chi connectivity index (χ0) is 12.8. The predicted octanol–water partition coefficient (Wildman–Crippen LogP) is 2.10. The fourth-order valence-corrected chi connectivity index (χ4v) is 1.66. The molecule has 96 valence electrons. The molecule has 2 rings (SSSR count). The summed E-state index contributed by atoms with van der Waals surface area (Å²) >= 11 is 0. The molecule has 2 heterocycles. The molecule has 18 heavy (non-hydrogen) atoms. The van der Waals surface area contributed by atoms with Gasteiger partial charge in [-0.3, -0.25) is 0 Å². The molecule has 1 unspecified atom stereocenters. The van der Waals surface area contributed by atoms with E-state index in [9.17, 15) is 0 Å². The minimum absolute atomic E-state index is 0.363. The first-order valence-electron chi connectivity index (χ1n) is 6.01. The summed E-state index contributed by atoms with van der Waals surface area (Å²) in [5.74, 6) is 0.815. The third kappa shape index (κ3) is 3.30. The number of pyridine rings is 1. The van der Waals surface area contributed by atoms with Gasteiger partial charge in [-0.15, -0.1) is 0 Å².